The van der Waals surface area contributed by atoms with Crippen molar-refractivity contribution in [1.29, 1.82) is 0 Å². The predicted octanol–water partition coefficient (Wildman–Crippen LogP) is 1.50. The van der Waals surface area contributed by atoms with Crippen LogP contribution in [0, 0.1) is 0 Å². The summed E-state index contributed by atoms with van der Waals surface area (Å²) in [5, 5.41) is 11.9. The van der Waals surface area contributed by atoms with E-state index < -0.39 is 0 Å². The van der Waals surface area contributed by atoms with Crippen LogP contribution < -0.4 is 10.1 Å². The number of halogens is 1. The molecule has 0 fully saturated rings. The fraction of sp³-hybridized carbons (Fsp3) is 0.700. The number of hydrogen-bond donors (Lipinski definition) is 2. The van der Waals surface area contributed by atoms with Crippen LogP contribution in [0.3, 0.4) is 0 Å². The van der Waals surface area contributed by atoms with E-state index in [0.717, 1.165) is 0 Å². The van der Waals surface area contributed by atoms with Gasteiger partial charge < -0.3 is 15.2 Å². The van der Waals surface area contributed by atoms with E-state index in [1.807, 2.05) is 20.8 Å². The fourth-order valence-electron chi connectivity index (χ4n) is 1.15. The van der Waals surface area contributed by atoms with Crippen LogP contribution in [0.1, 0.15) is 27.2 Å². The van der Waals surface area contributed by atoms with Gasteiger partial charge in [-0.1, -0.05) is 0 Å². The van der Waals surface area contributed by atoms with Crippen LogP contribution in [0.5, 0.6) is 6.01 Å². The largest absolute Gasteiger partial charge is 0.461 e. The Bertz CT molecular complexity index is 362. The monoisotopic (exact) mass is 260 g/mol. The molecule has 1 aromatic heterocycles. The summed E-state index contributed by atoms with van der Waals surface area (Å²) in [4.78, 5) is 11.9. The SMILES string of the molecule is CC(CCO)Nc1nc(Cl)nc(OC(C)C)n1. The van der Waals surface area contributed by atoms with Gasteiger partial charge in [0.2, 0.25) is 11.2 Å². The molecule has 6 nitrogen and oxygen atoms in total. The lowest BCUT2D eigenvalue weighted by molar-refractivity contribution is 0.222. The molecule has 2 N–H and O–H groups in total. The summed E-state index contributed by atoms with van der Waals surface area (Å²) in [7, 11) is 0. The molecule has 1 rings (SSSR count). The number of anilines is 1. The molecule has 0 aliphatic rings. The van der Waals surface area contributed by atoms with Gasteiger partial charge in [-0.05, 0) is 38.8 Å². The molecule has 1 heterocycles. The number of hydrogen-bond acceptors (Lipinski definition) is 6. The summed E-state index contributed by atoms with van der Waals surface area (Å²) in [5.74, 6) is 0.349. The highest BCUT2D eigenvalue weighted by atomic mass is 35.5. The number of ether oxygens (including phenoxy) is 1. The van der Waals surface area contributed by atoms with Crippen molar-refractivity contribution in [3.63, 3.8) is 0 Å². The zero-order valence-electron chi connectivity index (χ0n) is 10.1. The Kier molecular flexibility index (Phi) is 5.37. The Morgan fingerprint density at radius 3 is 2.59 bits per heavy atom. The normalized spacial score (nSPS) is 12.6. The first-order chi connectivity index (χ1) is 8.01. The van der Waals surface area contributed by atoms with E-state index in [4.69, 9.17) is 21.4 Å². The number of aromatic nitrogens is 3. The number of rotatable bonds is 6. The van der Waals surface area contributed by atoms with Crippen molar-refractivity contribution >= 4 is 17.5 Å². The first-order valence-electron chi connectivity index (χ1n) is 5.47. The molecule has 0 spiro atoms. The van der Waals surface area contributed by atoms with Crippen LogP contribution in [-0.4, -0.2) is 38.8 Å². The predicted molar refractivity (Wildman–Crippen MR) is 65.4 cm³/mol. The second-order valence-corrected chi connectivity index (χ2v) is 4.27. The lowest BCUT2D eigenvalue weighted by Gasteiger charge is -2.13. The lowest BCUT2D eigenvalue weighted by atomic mass is 10.2. The zero-order valence-corrected chi connectivity index (χ0v) is 10.9. The second-order valence-electron chi connectivity index (χ2n) is 3.93. The molecule has 0 saturated heterocycles. The minimum atomic E-state index is -0.0313. The Balaban J connectivity index is 2.74. The summed E-state index contributed by atoms with van der Waals surface area (Å²) in [6.45, 7) is 5.76. The van der Waals surface area contributed by atoms with E-state index in [1.165, 1.54) is 0 Å². The van der Waals surface area contributed by atoms with Gasteiger partial charge in [0.25, 0.3) is 0 Å². The Hall–Kier alpha value is -1.14. The number of aliphatic hydroxyl groups excluding tert-OH is 1. The van der Waals surface area contributed by atoms with Crippen molar-refractivity contribution in [2.75, 3.05) is 11.9 Å². The summed E-state index contributed by atoms with van der Waals surface area (Å²) < 4.78 is 5.34. The second kappa shape index (κ2) is 6.56. The molecule has 17 heavy (non-hydrogen) atoms. The quantitative estimate of drug-likeness (QED) is 0.807. The van der Waals surface area contributed by atoms with Crippen molar-refractivity contribution in [2.24, 2.45) is 0 Å². The van der Waals surface area contributed by atoms with Gasteiger partial charge in [0.05, 0.1) is 6.10 Å². The van der Waals surface area contributed by atoms with Gasteiger partial charge in [-0.15, -0.1) is 0 Å². The van der Waals surface area contributed by atoms with Gasteiger partial charge in [0.15, 0.2) is 0 Å². The summed E-state index contributed by atoms with van der Waals surface area (Å²) in [6, 6.07) is 0.240. The molecule has 0 radical (unpaired) electrons. The smallest absolute Gasteiger partial charge is 0.322 e. The average Bonchev–Trinajstić information content (AvgIpc) is 2.14. The standard InChI is InChI=1S/C10H17ClN4O2/c1-6(2)17-10-14-8(11)13-9(15-10)12-7(3)4-5-16/h6-7,16H,4-5H2,1-3H3,(H,12,13,14,15). The van der Waals surface area contributed by atoms with E-state index >= 15 is 0 Å². The van der Waals surface area contributed by atoms with Gasteiger partial charge in [-0.25, -0.2) is 0 Å². The third-order valence-corrected chi connectivity index (χ3v) is 2.04. The van der Waals surface area contributed by atoms with Crippen molar-refractivity contribution in [1.82, 2.24) is 15.0 Å². The topological polar surface area (TPSA) is 80.2 Å². The highest BCUT2D eigenvalue weighted by molar-refractivity contribution is 6.28. The molecule has 1 unspecified atom stereocenters. The maximum absolute atomic E-state index is 8.80. The van der Waals surface area contributed by atoms with E-state index in [2.05, 4.69) is 20.3 Å². The fourth-order valence-corrected chi connectivity index (χ4v) is 1.30. The highest BCUT2D eigenvalue weighted by Gasteiger charge is 2.09. The van der Waals surface area contributed by atoms with Crippen molar-refractivity contribution in [3.05, 3.63) is 5.28 Å². The summed E-state index contributed by atoms with van der Waals surface area (Å²) in [5.41, 5.74) is 0. The van der Waals surface area contributed by atoms with Crippen LogP contribution in [-0.2, 0) is 0 Å². The van der Waals surface area contributed by atoms with Gasteiger partial charge in [0, 0.05) is 12.6 Å². The van der Waals surface area contributed by atoms with Crippen molar-refractivity contribution in [2.45, 2.75) is 39.3 Å². The third kappa shape index (κ3) is 5.14. The molecule has 96 valence electrons. The molecule has 0 amide bonds. The van der Waals surface area contributed by atoms with E-state index in [9.17, 15) is 0 Å². The van der Waals surface area contributed by atoms with Crippen LogP contribution in [0.25, 0.3) is 0 Å². The summed E-state index contributed by atoms with van der Waals surface area (Å²) >= 11 is 5.76. The average molecular weight is 261 g/mol. The number of nitrogens with one attached hydrogen (secondary N) is 1. The summed E-state index contributed by atoms with van der Waals surface area (Å²) in [6.07, 6.45) is 0.570. The molecule has 0 aliphatic carbocycles. The van der Waals surface area contributed by atoms with Crippen LogP contribution in [0.2, 0.25) is 5.28 Å². The van der Waals surface area contributed by atoms with Gasteiger partial charge in [-0.3, -0.25) is 0 Å². The van der Waals surface area contributed by atoms with Gasteiger partial charge >= 0.3 is 6.01 Å². The van der Waals surface area contributed by atoms with Crippen LogP contribution in [0.15, 0.2) is 0 Å². The van der Waals surface area contributed by atoms with E-state index in [-0.39, 0.29) is 30.0 Å². The lowest BCUT2D eigenvalue weighted by Crippen LogP contribution is -2.19. The molecular formula is C10H17ClN4O2. The van der Waals surface area contributed by atoms with Crippen LogP contribution in [0.4, 0.5) is 5.95 Å². The highest BCUT2D eigenvalue weighted by Crippen LogP contribution is 2.13. The van der Waals surface area contributed by atoms with E-state index in [0.29, 0.717) is 12.4 Å². The van der Waals surface area contributed by atoms with E-state index in [1.54, 1.807) is 0 Å². The maximum atomic E-state index is 8.80. The Labute approximate surface area is 105 Å². The molecule has 0 saturated carbocycles. The first kappa shape index (κ1) is 13.9. The number of aliphatic hydroxyl groups is 1. The molecule has 1 aromatic rings. The maximum Gasteiger partial charge on any atom is 0.322 e. The van der Waals surface area contributed by atoms with Gasteiger partial charge in [0.1, 0.15) is 0 Å². The minimum Gasteiger partial charge on any atom is -0.461 e. The third-order valence-electron chi connectivity index (χ3n) is 1.87. The molecule has 0 aromatic carbocycles. The molecule has 7 heteroatoms. The minimum absolute atomic E-state index is 0.0313. The van der Waals surface area contributed by atoms with Crippen molar-refractivity contribution in [3.8, 4) is 6.01 Å². The van der Waals surface area contributed by atoms with Crippen molar-refractivity contribution < 1.29 is 9.84 Å². The number of nitrogens with zero attached hydrogens (tertiary/aromatic N) is 3. The Morgan fingerprint density at radius 2 is 2.00 bits per heavy atom. The van der Waals surface area contributed by atoms with Crippen LogP contribution >= 0.6 is 11.6 Å². The molecule has 0 aliphatic heterocycles. The molecule has 0 bridgehead atoms. The first-order valence-corrected chi connectivity index (χ1v) is 5.84. The van der Waals surface area contributed by atoms with Gasteiger partial charge in [-0.2, -0.15) is 15.0 Å². The molecular weight excluding hydrogens is 244 g/mol. The Morgan fingerprint density at radius 1 is 1.29 bits per heavy atom. The zero-order chi connectivity index (χ0) is 12.8. The molecule has 1 atom stereocenters.